The number of hydrogen-bond donors (Lipinski definition) is 0. The second kappa shape index (κ2) is 14.3. The van der Waals surface area contributed by atoms with Crippen LogP contribution in [0.2, 0.25) is 0 Å². The maximum Gasteiger partial charge on any atom is 0.320 e. The van der Waals surface area contributed by atoms with Crippen LogP contribution in [0.15, 0.2) is 24.5 Å². The maximum absolute atomic E-state index is 13.3. The molecule has 2 heterocycles. The number of pyridine rings is 1. The van der Waals surface area contributed by atoms with Crippen molar-refractivity contribution in [2.75, 3.05) is 51.0 Å². The number of rotatable bonds is 11. The van der Waals surface area contributed by atoms with Gasteiger partial charge in [-0.25, -0.2) is 4.79 Å². The highest BCUT2D eigenvalue weighted by atomic mass is 32.2. The van der Waals surface area contributed by atoms with Crippen molar-refractivity contribution < 1.29 is 23.9 Å². The van der Waals surface area contributed by atoms with Crippen LogP contribution in [0.1, 0.15) is 55.8 Å². The third kappa shape index (κ3) is 7.98. The Kier molecular flexibility index (Phi) is 11.1. The number of ether oxygens (including phenoxy) is 2. The van der Waals surface area contributed by atoms with Gasteiger partial charge in [0.05, 0.1) is 26.2 Å². The lowest BCUT2D eigenvalue weighted by molar-refractivity contribution is -0.143. The molecule has 0 bridgehead atoms. The van der Waals surface area contributed by atoms with Gasteiger partial charge in [0.2, 0.25) is 0 Å². The highest BCUT2D eigenvalue weighted by Crippen LogP contribution is 2.25. The van der Waals surface area contributed by atoms with Gasteiger partial charge in [-0.2, -0.15) is 11.8 Å². The molecule has 1 aliphatic carbocycles. The minimum absolute atomic E-state index is 0.0492. The van der Waals surface area contributed by atoms with Gasteiger partial charge in [0.25, 0.3) is 0 Å². The van der Waals surface area contributed by atoms with Gasteiger partial charge < -0.3 is 19.3 Å². The summed E-state index contributed by atoms with van der Waals surface area (Å²) >= 11 is 1.61. The maximum atomic E-state index is 13.3. The number of carbonyl (C=O) groups excluding carboxylic acids is 3. The second-order valence-electron chi connectivity index (χ2n) is 8.75. The van der Waals surface area contributed by atoms with Crippen molar-refractivity contribution in [1.29, 1.82) is 0 Å². The Morgan fingerprint density at radius 2 is 2.00 bits per heavy atom. The quantitative estimate of drug-likeness (QED) is 0.265. The molecule has 1 aliphatic heterocycles. The minimum atomic E-state index is -0.480. The first-order valence-electron chi connectivity index (χ1n) is 12.4. The second-order valence-corrected chi connectivity index (χ2v) is 9.90. The SMILES string of the molecule is CCOC(=O)CC(CSCCN(C(=O)N1CCOCC1)C1CCCCC1)C(=O)c1cccnc1. The minimum Gasteiger partial charge on any atom is -0.466 e. The van der Waals surface area contributed by atoms with Gasteiger partial charge in [-0.3, -0.25) is 14.6 Å². The van der Waals surface area contributed by atoms with E-state index >= 15 is 0 Å². The fourth-order valence-electron chi connectivity index (χ4n) is 4.54. The Morgan fingerprint density at radius 1 is 1.24 bits per heavy atom. The largest absolute Gasteiger partial charge is 0.466 e. The fraction of sp³-hybridized carbons (Fsp3) is 0.680. The number of Topliss-reactive ketones (excluding diaryl/α,β-unsaturated/α-hetero) is 1. The van der Waals surface area contributed by atoms with Crippen LogP contribution in [0, 0.1) is 5.92 Å². The van der Waals surface area contributed by atoms with E-state index in [0.717, 1.165) is 25.7 Å². The first-order chi connectivity index (χ1) is 16.6. The van der Waals surface area contributed by atoms with Crippen molar-refractivity contribution in [2.45, 2.75) is 51.5 Å². The van der Waals surface area contributed by atoms with E-state index in [-0.39, 0.29) is 30.2 Å². The third-order valence-corrected chi connectivity index (χ3v) is 7.48. The van der Waals surface area contributed by atoms with Crippen LogP contribution < -0.4 is 0 Å². The van der Waals surface area contributed by atoms with E-state index in [0.29, 0.717) is 56.5 Å². The van der Waals surface area contributed by atoms with Gasteiger partial charge in [0.1, 0.15) is 0 Å². The Morgan fingerprint density at radius 3 is 2.68 bits per heavy atom. The molecule has 1 saturated carbocycles. The lowest BCUT2D eigenvalue weighted by Crippen LogP contribution is -2.52. The molecular weight excluding hydrogens is 454 g/mol. The smallest absolute Gasteiger partial charge is 0.320 e. The average molecular weight is 492 g/mol. The summed E-state index contributed by atoms with van der Waals surface area (Å²) in [5.74, 6) is 0.272. The van der Waals surface area contributed by atoms with Gasteiger partial charge >= 0.3 is 12.0 Å². The van der Waals surface area contributed by atoms with Crippen molar-refractivity contribution in [1.82, 2.24) is 14.8 Å². The summed E-state index contributed by atoms with van der Waals surface area (Å²) in [6, 6.07) is 3.83. The number of morpholine rings is 1. The molecule has 8 nitrogen and oxygen atoms in total. The van der Waals surface area contributed by atoms with Gasteiger partial charge in [0.15, 0.2) is 5.78 Å². The topological polar surface area (TPSA) is 89.0 Å². The van der Waals surface area contributed by atoms with Crippen LogP contribution in [-0.2, 0) is 14.3 Å². The Bertz CT molecular complexity index is 782. The van der Waals surface area contributed by atoms with E-state index in [9.17, 15) is 14.4 Å². The Labute approximate surface area is 206 Å². The Balaban J connectivity index is 1.59. The van der Waals surface area contributed by atoms with Gasteiger partial charge in [-0.1, -0.05) is 19.3 Å². The molecule has 0 radical (unpaired) electrons. The van der Waals surface area contributed by atoms with Gasteiger partial charge in [-0.05, 0) is 31.9 Å². The number of nitrogens with zero attached hydrogens (tertiary/aromatic N) is 3. The molecule has 1 unspecified atom stereocenters. The summed E-state index contributed by atoms with van der Waals surface area (Å²) in [6.45, 7) is 5.14. The van der Waals surface area contributed by atoms with Crippen LogP contribution >= 0.6 is 11.8 Å². The number of urea groups is 1. The highest BCUT2D eigenvalue weighted by Gasteiger charge is 2.30. The van der Waals surface area contributed by atoms with Gasteiger partial charge in [-0.15, -0.1) is 0 Å². The molecule has 3 rings (SSSR count). The summed E-state index contributed by atoms with van der Waals surface area (Å²) in [6.07, 6.45) is 8.86. The fourth-order valence-corrected chi connectivity index (χ4v) is 5.59. The zero-order valence-electron chi connectivity index (χ0n) is 20.2. The molecule has 0 N–H and O–H groups in total. The van der Waals surface area contributed by atoms with E-state index in [4.69, 9.17) is 9.47 Å². The zero-order chi connectivity index (χ0) is 24.2. The molecule has 2 aliphatic rings. The lowest BCUT2D eigenvalue weighted by Gasteiger charge is -2.39. The number of carbonyl (C=O) groups is 3. The van der Waals surface area contributed by atoms with Gasteiger partial charge in [0, 0.05) is 61.1 Å². The summed E-state index contributed by atoms with van der Waals surface area (Å²) in [4.78, 5) is 46.4. The number of amides is 2. The summed E-state index contributed by atoms with van der Waals surface area (Å²) in [5, 5.41) is 0. The lowest BCUT2D eigenvalue weighted by atomic mass is 9.94. The number of esters is 1. The highest BCUT2D eigenvalue weighted by molar-refractivity contribution is 7.99. The summed E-state index contributed by atoms with van der Waals surface area (Å²) < 4.78 is 10.5. The number of aromatic nitrogens is 1. The zero-order valence-corrected chi connectivity index (χ0v) is 21.0. The molecule has 0 aromatic carbocycles. The van der Waals surface area contributed by atoms with E-state index in [1.165, 1.54) is 12.6 Å². The van der Waals surface area contributed by atoms with Crippen molar-refractivity contribution >= 4 is 29.5 Å². The molecule has 2 amide bonds. The molecule has 1 aromatic heterocycles. The van der Waals surface area contributed by atoms with E-state index < -0.39 is 5.92 Å². The average Bonchev–Trinajstić information content (AvgIpc) is 2.89. The van der Waals surface area contributed by atoms with Crippen LogP contribution in [0.3, 0.4) is 0 Å². The molecule has 34 heavy (non-hydrogen) atoms. The molecule has 2 fully saturated rings. The molecule has 1 aromatic rings. The standard InChI is InChI=1S/C25H37N3O5S/c1-2-33-23(29)17-21(24(30)20-7-6-10-26-18-20)19-34-16-13-28(22-8-4-3-5-9-22)25(31)27-11-14-32-15-12-27/h6-7,10,18,21-22H,2-5,8-9,11-17,19H2,1H3. The van der Waals surface area contributed by atoms with E-state index in [1.54, 1.807) is 37.0 Å². The first-order valence-corrected chi connectivity index (χ1v) is 13.6. The molecule has 1 atom stereocenters. The predicted octanol–water partition coefficient (Wildman–Crippen LogP) is 3.65. The third-order valence-electron chi connectivity index (χ3n) is 6.37. The van der Waals surface area contributed by atoms with Crippen molar-refractivity contribution in [3.63, 3.8) is 0 Å². The molecule has 9 heteroatoms. The number of hydrogen-bond acceptors (Lipinski definition) is 7. The van der Waals surface area contributed by atoms with Crippen LogP contribution in [0.5, 0.6) is 0 Å². The number of thioether (sulfide) groups is 1. The predicted molar refractivity (Wildman–Crippen MR) is 132 cm³/mol. The van der Waals surface area contributed by atoms with E-state index in [1.807, 2.05) is 9.80 Å². The van der Waals surface area contributed by atoms with E-state index in [2.05, 4.69) is 4.98 Å². The monoisotopic (exact) mass is 491 g/mol. The molecule has 188 valence electrons. The summed E-state index contributed by atoms with van der Waals surface area (Å²) in [7, 11) is 0. The van der Waals surface area contributed by atoms with Crippen LogP contribution in [0.25, 0.3) is 0 Å². The van der Waals surface area contributed by atoms with Crippen molar-refractivity contribution in [3.8, 4) is 0 Å². The molecule has 1 saturated heterocycles. The summed E-state index contributed by atoms with van der Waals surface area (Å²) in [5.41, 5.74) is 0.503. The van der Waals surface area contributed by atoms with Crippen LogP contribution in [0.4, 0.5) is 4.79 Å². The molecular formula is C25H37N3O5S. The van der Waals surface area contributed by atoms with Crippen molar-refractivity contribution in [3.05, 3.63) is 30.1 Å². The van der Waals surface area contributed by atoms with Crippen molar-refractivity contribution in [2.24, 2.45) is 5.92 Å². The first kappa shape index (κ1) is 26.5. The normalized spacial score (nSPS) is 17.7. The van der Waals surface area contributed by atoms with Crippen LogP contribution in [-0.4, -0.2) is 89.6 Å². The Hall–Kier alpha value is -2.13. The number of ketones is 1. The molecule has 0 spiro atoms.